The van der Waals surface area contributed by atoms with Crippen LogP contribution in [0.1, 0.15) is 53.3 Å². The summed E-state index contributed by atoms with van der Waals surface area (Å²) in [6.45, 7) is 14.1. The fourth-order valence-corrected chi connectivity index (χ4v) is 2.82. The van der Waals surface area contributed by atoms with Gasteiger partial charge in [-0.15, -0.1) is 0 Å². The van der Waals surface area contributed by atoms with E-state index in [0.717, 1.165) is 22.4 Å². The summed E-state index contributed by atoms with van der Waals surface area (Å²) in [5.41, 5.74) is 6.97. The molecule has 0 aliphatic rings. The lowest BCUT2D eigenvalue weighted by molar-refractivity contribution is -0.127. The maximum atomic E-state index is 12.5. The standard InChI is InChI=1S/C22H29NO2/c1-13-10-16(4)17(5)21(11-13)25-19(7)22(24)23-18(6)20-9-8-14(2)15(3)12-20/h8-12,18-19H,1-7H3,(H,23,24)/t18-,19-/m1/s1. The SMILES string of the molecule is Cc1cc(C)c(C)c(O[C@H](C)C(=O)N[C@H](C)c2ccc(C)c(C)c2)c1. The number of hydrogen-bond acceptors (Lipinski definition) is 2. The van der Waals surface area contributed by atoms with Crippen LogP contribution >= 0.6 is 0 Å². The highest BCUT2D eigenvalue weighted by Gasteiger charge is 2.19. The number of rotatable bonds is 5. The summed E-state index contributed by atoms with van der Waals surface area (Å²) in [4.78, 5) is 12.5. The predicted octanol–water partition coefficient (Wildman–Crippen LogP) is 4.87. The van der Waals surface area contributed by atoms with Gasteiger partial charge in [0.2, 0.25) is 0 Å². The lowest BCUT2D eigenvalue weighted by Gasteiger charge is -2.21. The zero-order valence-corrected chi connectivity index (χ0v) is 16.4. The summed E-state index contributed by atoms with van der Waals surface area (Å²) in [5, 5.41) is 3.05. The van der Waals surface area contributed by atoms with Crippen LogP contribution in [0.5, 0.6) is 5.75 Å². The van der Waals surface area contributed by atoms with Crippen LogP contribution in [0.4, 0.5) is 0 Å². The smallest absolute Gasteiger partial charge is 0.261 e. The third-order valence-corrected chi connectivity index (χ3v) is 4.83. The number of aryl methyl sites for hydroxylation is 4. The van der Waals surface area contributed by atoms with Gasteiger partial charge in [0.25, 0.3) is 5.91 Å². The predicted molar refractivity (Wildman–Crippen MR) is 103 cm³/mol. The second-order valence-corrected chi connectivity index (χ2v) is 7.04. The van der Waals surface area contributed by atoms with Crippen molar-refractivity contribution >= 4 is 5.91 Å². The summed E-state index contributed by atoms with van der Waals surface area (Å²) in [7, 11) is 0. The van der Waals surface area contributed by atoms with Crippen LogP contribution in [0.25, 0.3) is 0 Å². The molecule has 2 rings (SSSR count). The molecular weight excluding hydrogens is 310 g/mol. The van der Waals surface area contributed by atoms with Crippen LogP contribution in [-0.4, -0.2) is 12.0 Å². The second kappa shape index (κ2) is 7.73. The summed E-state index contributed by atoms with van der Waals surface area (Å²) in [6.07, 6.45) is -0.547. The molecule has 0 fully saturated rings. The Balaban J connectivity index is 2.06. The Hall–Kier alpha value is -2.29. The van der Waals surface area contributed by atoms with Crippen molar-refractivity contribution < 1.29 is 9.53 Å². The zero-order valence-electron chi connectivity index (χ0n) is 16.4. The van der Waals surface area contributed by atoms with Crippen molar-refractivity contribution in [2.75, 3.05) is 0 Å². The van der Waals surface area contributed by atoms with E-state index in [2.05, 4.69) is 50.4 Å². The molecule has 0 unspecified atom stereocenters. The van der Waals surface area contributed by atoms with Crippen LogP contribution < -0.4 is 10.1 Å². The van der Waals surface area contributed by atoms with E-state index in [-0.39, 0.29) is 11.9 Å². The average molecular weight is 339 g/mol. The molecule has 0 heterocycles. The topological polar surface area (TPSA) is 38.3 Å². The quantitative estimate of drug-likeness (QED) is 0.843. The fourth-order valence-electron chi connectivity index (χ4n) is 2.82. The highest BCUT2D eigenvalue weighted by molar-refractivity contribution is 5.81. The number of hydrogen-bond donors (Lipinski definition) is 1. The molecule has 0 aromatic heterocycles. The first-order chi connectivity index (χ1) is 11.7. The maximum Gasteiger partial charge on any atom is 0.261 e. The van der Waals surface area contributed by atoms with Gasteiger partial charge in [-0.2, -0.15) is 0 Å². The minimum atomic E-state index is -0.547. The molecular formula is C22H29NO2. The van der Waals surface area contributed by atoms with Gasteiger partial charge in [-0.25, -0.2) is 0 Å². The minimum absolute atomic E-state index is 0.0572. The van der Waals surface area contributed by atoms with E-state index in [1.807, 2.05) is 26.8 Å². The number of amides is 1. The molecule has 0 saturated carbocycles. The summed E-state index contributed by atoms with van der Waals surface area (Å²) in [5.74, 6) is 0.670. The first-order valence-electron chi connectivity index (χ1n) is 8.81. The number of nitrogens with one attached hydrogen (secondary N) is 1. The normalized spacial score (nSPS) is 13.2. The number of carbonyl (C=O) groups is 1. The molecule has 3 nitrogen and oxygen atoms in total. The minimum Gasteiger partial charge on any atom is -0.481 e. The molecule has 0 bridgehead atoms. The molecule has 0 spiro atoms. The van der Waals surface area contributed by atoms with Crippen molar-refractivity contribution in [2.24, 2.45) is 0 Å². The Bertz CT molecular complexity index is 780. The van der Waals surface area contributed by atoms with Gasteiger partial charge in [0, 0.05) is 0 Å². The maximum absolute atomic E-state index is 12.5. The molecule has 0 aliphatic heterocycles. The molecule has 1 N–H and O–H groups in total. The third kappa shape index (κ3) is 4.62. The Kier molecular flexibility index (Phi) is 5.89. The molecule has 134 valence electrons. The summed E-state index contributed by atoms with van der Waals surface area (Å²) in [6, 6.07) is 10.3. The molecule has 3 heteroatoms. The van der Waals surface area contributed by atoms with Gasteiger partial charge in [-0.05, 0) is 87.9 Å². The first-order valence-corrected chi connectivity index (χ1v) is 8.81. The fraction of sp³-hybridized carbons (Fsp3) is 0.409. The monoisotopic (exact) mass is 339 g/mol. The lowest BCUT2D eigenvalue weighted by Crippen LogP contribution is -2.38. The van der Waals surface area contributed by atoms with Crippen LogP contribution in [0.15, 0.2) is 30.3 Å². The van der Waals surface area contributed by atoms with Crippen molar-refractivity contribution in [3.8, 4) is 5.75 Å². The van der Waals surface area contributed by atoms with Crippen LogP contribution in [-0.2, 0) is 4.79 Å². The van der Waals surface area contributed by atoms with Gasteiger partial charge >= 0.3 is 0 Å². The molecule has 0 saturated heterocycles. The van der Waals surface area contributed by atoms with Gasteiger partial charge in [-0.3, -0.25) is 4.79 Å². The van der Waals surface area contributed by atoms with Gasteiger partial charge in [0.15, 0.2) is 6.10 Å². The lowest BCUT2D eigenvalue weighted by atomic mass is 10.0. The summed E-state index contributed by atoms with van der Waals surface area (Å²) < 4.78 is 5.94. The molecule has 0 aliphatic carbocycles. The van der Waals surface area contributed by atoms with Crippen molar-refractivity contribution in [1.82, 2.24) is 5.32 Å². The first kappa shape index (κ1) is 19.0. The largest absolute Gasteiger partial charge is 0.481 e. The molecule has 0 radical (unpaired) electrons. The Morgan fingerprint density at radius 1 is 0.920 bits per heavy atom. The molecule has 2 atom stereocenters. The van der Waals surface area contributed by atoms with E-state index >= 15 is 0 Å². The van der Waals surface area contributed by atoms with Gasteiger partial charge in [0.05, 0.1) is 6.04 Å². The highest BCUT2D eigenvalue weighted by atomic mass is 16.5. The highest BCUT2D eigenvalue weighted by Crippen LogP contribution is 2.24. The van der Waals surface area contributed by atoms with Gasteiger partial charge in [0.1, 0.15) is 5.75 Å². The van der Waals surface area contributed by atoms with E-state index in [0.29, 0.717) is 0 Å². The second-order valence-electron chi connectivity index (χ2n) is 7.04. The van der Waals surface area contributed by atoms with Crippen molar-refractivity contribution in [3.63, 3.8) is 0 Å². The van der Waals surface area contributed by atoms with Gasteiger partial charge < -0.3 is 10.1 Å². The van der Waals surface area contributed by atoms with Crippen molar-refractivity contribution in [2.45, 2.75) is 60.6 Å². The third-order valence-electron chi connectivity index (χ3n) is 4.83. The zero-order chi connectivity index (χ0) is 18.7. The van der Waals surface area contributed by atoms with Crippen molar-refractivity contribution in [3.05, 3.63) is 63.7 Å². The molecule has 1 amide bonds. The van der Waals surface area contributed by atoms with E-state index in [1.165, 1.54) is 16.7 Å². The molecule has 25 heavy (non-hydrogen) atoms. The van der Waals surface area contributed by atoms with E-state index < -0.39 is 6.10 Å². The number of benzene rings is 2. The Morgan fingerprint density at radius 3 is 2.24 bits per heavy atom. The van der Waals surface area contributed by atoms with Gasteiger partial charge in [-0.1, -0.05) is 24.3 Å². The molecule has 2 aromatic rings. The van der Waals surface area contributed by atoms with E-state index in [4.69, 9.17) is 4.74 Å². The average Bonchev–Trinajstić information content (AvgIpc) is 2.54. The van der Waals surface area contributed by atoms with Crippen LogP contribution in [0, 0.1) is 34.6 Å². The summed E-state index contributed by atoms with van der Waals surface area (Å²) >= 11 is 0. The number of ether oxygens (including phenoxy) is 1. The Morgan fingerprint density at radius 2 is 1.60 bits per heavy atom. The number of carbonyl (C=O) groups excluding carboxylic acids is 1. The van der Waals surface area contributed by atoms with Crippen molar-refractivity contribution in [1.29, 1.82) is 0 Å². The van der Waals surface area contributed by atoms with Crippen LogP contribution in [0.2, 0.25) is 0 Å². The van der Waals surface area contributed by atoms with E-state index in [1.54, 1.807) is 6.92 Å². The van der Waals surface area contributed by atoms with Crippen LogP contribution in [0.3, 0.4) is 0 Å². The Labute approximate surface area is 151 Å². The molecule has 2 aromatic carbocycles. The van der Waals surface area contributed by atoms with E-state index in [9.17, 15) is 4.79 Å².